The van der Waals surface area contributed by atoms with E-state index in [0.29, 0.717) is 5.56 Å². The van der Waals surface area contributed by atoms with E-state index in [9.17, 15) is 19.2 Å². The van der Waals surface area contributed by atoms with Gasteiger partial charge in [0.25, 0.3) is 11.8 Å². The Morgan fingerprint density at radius 2 is 1.67 bits per heavy atom. The Morgan fingerprint density at radius 1 is 1.03 bits per heavy atom. The first kappa shape index (κ1) is 23.4. The van der Waals surface area contributed by atoms with Crippen LogP contribution in [0.4, 0.5) is 4.79 Å². The molecule has 8 nitrogen and oxygen atoms in total. The number of imide groups is 1. The quantitative estimate of drug-likeness (QED) is 0.590. The van der Waals surface area contributed by atoms with Crippen LogP contribution in [0.1, 0.15) is 62.4 Å². The van der Waals surface area contributed by atoms with Crippen LogP contribution in [0.2, 0.25) is 0 Å². The van der Waals surface area contributed by atoms with Gasteiger partial charge >= 0.3 is 12.0 Å². The molecule has 0 unspecified atom stereocenters. The van der Waals surface area contributed by atoms with E-state index in [4.69, 9.17) is 4.74 Å². The third-order valence-corrected chi connectivity index (χ3v) is 5.19. The minimum Gasteiger partial charge on any atom is -0.451 e. The molecule has 1 saturated carbocycles. The van der Waals surface area contributed by atoms with Crippen molar-refractivity contribution < 1.29 is 23.9 Å². The van der Waals surface area contributed by atoms with Crippen molar-refractivity contribution >= 4 is 23.8 Å². The van der Waals surface area contributed by atoms with E-state index in [1.165, 1.54) is 6.92 Å². The van der Waals surface area contributed by atoms with Gasteiger partial charge in [0.15, 0.2) is 6.10 Å². The SMILES string of the molecule is Cc1ccccc1C(=O)N[C@H](C(=O)O[C@H](C)C(=O)NC(=O)NC1CCCC1)C(C)C. The average molecular weight is 418 g/mol. The molecule has 0 bridgehead atoms. The van der Waals surface area contributed by atoms with Gasteiger partial charge in [-0.1, -0.05) is 44.9 Å². The standard InChI is InChI=1S/C22H31N3O5/c1-13(2)18(24-20(27)17-12-8-5-9-14(17)3)21(28)30-15(4)19(26)25-22(29)23-16-10-6-7-11-16/h5,8-9,12-13,15-16,18H,6-7,10-11H2,1-4H3,(H,24,27)(H2,23,25,26,29)/t15-,18+/m1/s1. The number of nitrogens with one attached hydrogen (secondary N) is 3. The lowest BCUT2D eigenvalue weighted by molar-refractivity contribution is -0.157. The molecule has 1 aromatic carbocycles. The highest BCUT2D eigenvalue weighted by molar-refractivity contribution is 5.99. The molecular weight excluding hydrogens is 386 g/mol. The molecule has 1 aliphatic carbocycles. The van der Waals surface area contributed by atoms with Gasteiger partial charge in [-0.05, 0) is 44.2 Å². The summed E-state index contributed by atoms with van der Waals surface area (Å²) < 4.78 is 5.23. The smallest absolute Gasteiger partial charge is 0.329 e. The molecular formula is C22H31N3O5. The van der Waals surface area contributed by atoms with Crippen molar-refractivity contribution in [1.29, 1.82) is 0 Å². The lowest BCUT2D eigenvalue weighted by Gasteiger charge is -2.23. The van der Waals surface area contributed by atoms with Crippen molar-refractivity contribution in [3.05, 3.63) is 35.4 Å². The Bertz CT molecular complexity index is 787. The zero-order valence-electron chi connectivity index (χ0n) is 18.0. The molecule has 3 N–H and O–H groups in total. The molecule has 4 amide bonds. The lowest BCUT2D eigenvalue weighted by Crippen LogP contribution is -2.50. The van der Waals surface area contributed by atoms with Gasteiger partial charge in [0.2, 0.25) is 0 Å². The molecule has 1 aromatic rings. The molecule has 0 saturated heterocycles. The van der Waals surface area contributed by atoms with E-state index in [1.807, 2.05) is 6.07 Å². The number of urea groups is 1. The van der Waals surface area contributed by atoms with Crippen LogP contribution < -0.4 is 16.0 Å². The van der Waals surface area contributed by atoms with Gasteiger partial charge in [0, 0.05) is 11.6 Å². The van der Waals surface area contributed by atoms with Crippen molar-refractivity contribution in [3.63, 3.8) is 0 Å². The topological polar surface area (TPSA) is 114 Å². The van der Waals surface area contributed by atoms with Gasteiger partial charge in [-0.3, -0.25) is 14.9 Å². The summed E-state index contributed by atoms with van der Waals surface area (Å²) in [5.41, 5.74) is 1.25. The van der Waals surface area contributed by atoms with Gasteiger partial charge in [-0.25, -0.2) is 9.59 Å². The summed E-state index contributed by atoms with van der Waals surface area (Å²) in [6, 6.07) is 5.59. The Balaban J connectivity index is 1.91. The second-order valence-electron chi connectivity index (χ2n) is 8.03. The highest BCUT2D eigenvalue weighted by Crippen LogP contribution is 2.17. The van der Waals surface area contributed by atoms with Gasteiger partial charge < -0.3 is 15.4 Å². The number of benzene rings is 1. The summed E-state index contributed by atoms with van der Waals surface area (Å²) in [5.74, 6) is -2.10. The minimum absolute atomic E-state index is 0.0673. The third-order valence-electron chi connectivity index (χ3n) is 5.19. The second-order valence-corrected chi connectivity index (χ2v) is 8.03. The predicted octanol–water partition coefficient (Wildman–Crippen LogP) is 2.45. The van der Waals surface area contributed by atoms with Gasteiger partial charge in [0.1, 0.15) is 6.04 Å². The molecule has 2 rings (SSSR count). The molecule has 1 aliphatic rings. The summed E-state index contributed by atoms with van der Waals surface area (Å²) in [4.78, 5) is 49.3. The average Bonchev–Trinajstić information content (AvgIpc) is 3.18. The molecule has 0 aromatic heterocycles. The molecule has 0 heterocycles. The first-order chi connectivity index (χ1) is 14.2. The second kappa shape index (κ2) is 10.8. The summed E-state index contributed by atoms with van der Waals surface area (Å²) in [7, 11) is 0. The summed E-state index contributed by atoms with van der Waals surface area (Å²) in [6.45, 7) is 6.73. The van der Waals surface area contributed by atoms with E-state index < -0.39 is 36.0 Å². The van der Waals surface area contributed by atoms with E-state index in [2.05, 4.69) is 16.0 Å². The van der Waals surface area contributed by atoms with E-state index >= 15 is 0 Å². The molecule has 8 heteroatoms. The van der Waals surface area contributed by atoms with Crippen molar-refractivity contribution in [1.82, 2.24) is 16.0 Å². The third kappa shape index (κ3) is 6.57. The van der Waals surface area contributed by atoms with Gasteiger partial charge in [-0.15, -0.1) is 0 Å². The molecule has 2 atom stereocenters. The lowest BCUT2D eigenvalue weighted by atomic mass is 10.0. The van der Waals surface area contributed by atoms with Crippen molar-refractivity contribution in [3.8, 4) is 0 Å². The van der Waals surface area contributed by atoms with Crippen LogP contribution >= 0.6 is 0 Å². The van der Waals surface area contributed by atoms with Crippen LogP contribution in [0, 0.1) is 12.8 Å². The van der Waals surface area contributed by atoms with Crippen LogP contribution in [0.3, 0.4) is 0 Å². The maximum Gasteiger partial charge on any atom is 0.329 e. The number of hydrogen-bond acceptors (Lipinski definition) is 5. The number of carbonyl (C=O) groups excluding carboxylic acids is 4. The number of amides is 4. The number of ether oxygens (including phenoxy) is 1. The largest absolute Gasteiger partial charge is 0.451 e. The predicted molar refractivity (Wildman–Crippen MR) is 112 cm³/mol. The molecule has 1 fully saturated rings. The molecule has 0 aliphatic heterocycles. The molecule has 164 valence electrons. The van der Waals surface area contributed by atoms with Crippen molar-refractivity contribution in [2.45, 2.75) is 71.6 Å². The number of rotatable bonds is 7. The van der Waals surface area contributed by atoms with Gasteiger partial charge in [-0.2, -0.15) is 0 Å². The number of hydrogen-bond donors (Lipinski definition) is 3. The van der Waals surface area contributed by atoms with Crippen LogP contribution in [-0.2, 0) is 14.3 Å². The number of esters is 1. The first-order valence-electron chi connectivity index (χ1n) is 10.4. The van der Waals surface area contributed by atoms with E-state index in [1.54, 1.807) is 39.0 Å². The maximum absolute atomic E-state index is 12.6. The van der Waals surface area contributed by atoms with E-state index in [-0.39, 0.29) is 12.0 Å². The number of aryl methyl sites for hydroxylation is 1. The maximum atomic E-state index is 12.6. The van der Waals surface area contributed by atoms with Crippen LogP contribution in [0.15, 0.2) is 24.3 Å². The Morgan fingerprint density at radius 3 is 2.27 bits per heavy atom. The van der Waals surface area contributed by atoms with Crippen LogP contribution in [0.25, 0.3) is 0 Å². The zero-order chi connectivity index (χ0) is 22.3. The Kier molecular flexibility index (Phi) is 8.38. The van der Waals surface area contributed by atoms with Gasteiger partial charge in [0.05, 0.1) is 0 Å². The van der Waals surface area contributed by atoms with Crippen molar-refractivity contribution in [2.75, 3.05) is 0 Å². The fourth-order valence-electron chi connectivity index (χ4n) is 3.35. The first-order valence-corrected chi connectivity index (χ1v) is 10.4. The normalized spacial score (nSPS) is 15.9. The Hall–Kier alpha value is -2.90. The fourth-order valence-corrected chi connectivity index (χ4v) is 3.35. The zero-order valence-corrected chi connectivity index (χ0v) is 18.0. The van der Waals surface area contributed by atoms with Crippen LogP contribution in [-0.4, -0.2) is 42.0 Å². The fraction of sp³-hybridized carbons (Fsp3) is 0.545. The van der Waals surface area contributed by atoms with E-state index in [0.717, 1.165) is 31.2 Å². The minimum atomic E-state index is -1.18. The van der Waals surface area contributed by atoms with Crippen molar-refractivity contribution in [2.24, 2.45) is 5.92 Å². The highest BCUT2D eigenvalue weighted by atomic mass is 16.5. The highest BCUT2D eigenvalue weighted by Gasteiger charge is 2.30. The summed E-state index contributed by atoms with van der Waals surface area (Å²) in [6.07, 6.45) is 2.71. The molecule has 30 heavy (non-hydrogen) atoms. The summed E-state index contributed by atoms with van der Waals surface area (Å²) in [5, 5.41) is 7.62. The summed E-state index contributed by atoms with van der Waals surface area (Å²) >= 11 is 0. The molecule has 0 spiro atoms. The molecule has 0 radical (unpaired) electrons. The van der Waals surface area contributed by atoms with Crippen LogP contribution in [0.5, 0.6) is 0 Å². The monoisotopic (exact) mass is 417 g/mol. The number of carbonyl (C=O) groups is 4. The Labute approximate surface area is 177 Å².